The summed E-state index contributed by atoms with van der Waals surface area (Å²) >= 11 is 0. The molecule has 3 heteroatoms. The van der Waals surface area contributed by atoms with Crippen molar-refractivity contribution < 1.29 is 13.9 Å². The number of carbonyl (C=O) groups is 1. The van der Waals surface area contributed by atoms with Crippen LogP contribution in [0.25, 0.3) is 11.1 Å². The van der Waals surface area contributed by atoms with Crippen molar-refractivity contribution in [1.29, 1.82) is 0 Å². The van der Waals surface area contributed by atoms with Gasteiger partial charge in [0.25, 0.3) is 0 Å². The van der Waals surface area contributed by atoms with E-state index in [0.29, 0.717) is 16.9 Å². The molecule has 0 bridgehead atoms. The first-order valence-electron chi connectivity index (χ1n) is 10.0. The van der Waals surface area contributed by atoms with Crippen molar-refractivity contribution in [3.8, 4) is 16.9 Å². The van der Waals surface area contributed by atoms with Gasteiger partial charge in [-0.05, 0) is 72.7 Å². The number of ether oxygens (including phenoxy) is 1. The van der Waals surface area contributed by atoms with Crippen LogP contribution in [0, 0.1) is 5.82 Å². The fourth-order valence-corrected chi connectivity index (χ4v) is 3.16. The van der Waals surface area contributed by atoms with Gasteiger partial charge in [0.2, 0.25) is 0 Å². The first-order valence-corrected chi connectivity index (χ1v) is 10.0. The van der Waals surface area contributed by atoms with Crippen LogP contribution in [-0.4, -0.2) is 5.97 Å². The minimum atomic E-state index is -0.421. The molecule has 0 saturated heterocycles. The Labute approximate surface area is 177 Å². The van der Waals surface area contributed by atoms with Crippen LogP contribution in [0.4, 0.5) is 4.39 Å². The third-order valence-electron chi connectivity index (χ3n) is 4.87. The second-order valence-electron chi connectivity index (χ2n) is 7.08. The molecule has 0 heterocycles. The minimum Gasteiger partial charge on any atom is -0.423 e. The van der Waals surface area contributed by atoms with Gasteiger partial charge in [0.1, 0.15) is 11.6 Å². The lowest BCUT2D eigenvalue weighted by Gasteiger charge is -2.08. The van der Waals surface area contributed by atoms with E-state index in [0.717, 1.165) is 42.4 Å². The van der Waals surface area contributed by atoms with E-state index in [1.165, 1.54) is 0 Å². The molecule has 0 atom stereocenters. The van der Waals surface area contributed by atoms with Gasteiger partial charge in [-0.2, -0.15) is 0 Å². The normalized spacial score (nSPS) is 10.4. The van der Waals surface area contributed by atoms with Crippen molar-refractivity contribution in [3.63, 3.8) is 0 Å². The topological polar surface area (TPSA) is 26.3 Å². The molecule has 0 aromatic heterocycles. The quantitative estimate of drug-likeness (QED) is 0.221. The Morgan fingerprint density at radius 1 is 0.833 bits per heavy atom. The predicted octanol–water partition coefficient (Wildman–Crippen LogP) is 6.95. The van der Waals surface area contributed by atoms with Gasteiger partial charge in [0, 0.05) is 5.56 Å². The van der Waals surface area contributed by atoms with Crippen LogP contribution in [0.1, 0.15) is 34.3 Å². The highest BCUT2D eigenvalue weighted by Gasteiger charge is 2.10. The maximum absolute atomic E-state index is 14.5. The molecule has 0 aliphatic rings. The molecule has 3 rings (SSSR count). The van der Waals surface area contributed by atoms with Crippen molar-refractivity contribution in [1.82, 2.24) is 0 Å². The van der Waals surface area contributed by atoms with Gasteiger partial charge in [-0.1, -0.05) is 48.6 Å². The van der Waals surface area contributed by atoms with E-state index in [1.807, 2.05) is 30.4 Å². The average Bonchev–Trinajstić information content (AvgIpc) is 2.77. The van der Waals surface area contributed by atoms with E-state index in [4.69, 9.17) is 4.74 Å². The lowest BCUT2D eigenvalue weighted by molar-refractivity contribution is 0.0735. The zero-order valence-electron chi connectivity index (χ0n) is 16.9. The van der Waals surface area contributed by atoms with E-state index < -0.39 is 5.97 Å². The van der Waals surface area contributed by atoms with Gasteiger partial charge in [-0.25, -0.2) is 9.18 Å². The molecular formula is C27H25FO2. The first kappa shape index (κ1) is 21.3. The summed E-state index contributed by atoms with van der Waals surface area (Å²) in [6.45, 7) is 7.41. The summed E-state index contributed by atoms with van der Waals surface area (Å²) in [7, 11) is 0. The molecular weight excluding hydrogens is 375 g/mol. The molecule has 0 aliphatic carbocycles. The van der Waals surface area contributed by atoms with E-state index in [9.17, 15) is 9.18 Å². The zero-order chi connectivity index (χ0) is 21.3. The van der Waals surface area contributed by atoms with Gasteiger partial charge >= 0.3 is 5.97 Å². The molecule has 0 saturated carbocycles. The van der Waals surface area contributed by atoms with Crippen LogP contribution in [0.3, 0.4) is 0 Å². The summed E-state index contributed by atoms with van der Waals surface area (Å²) < 4.78 is 19.9. The SMILES string of the molecule is C=CCCc1ccc(C(=O)Oc2ccc(-c3ccc(CCC=C)cc3F)cc2)cc1. The number of esters is 1. The van der Waals surface area contributed by atoms with Crippen molar-refractivity contribution in [2.45, 2.75) is 25.7 Å². The van der Waals surface area contributed by atoms with Gasteiger partial charge in [-0.3, -0.25) is 0 Å². The molecule has 3 aromatic rings. The van der Waals surface area contributed by atoms with Gasteiger partial charge in [0.15, 0.2) is 0 Å². The number of rotatable bonds is 9. The highest BCUT2D eigenvalue weighted by Crippen LogP contribution is 2.26. The molecule has 0 aliphatic heterocycles. The number of halogens is 1. The Bertz CT molecular complexity index is 1020. The monoisotopic (exact) mass is 400 g/mol. The second-order valence-corrected chi connectivity index (χ2v) is 7.08. The second kappa shape index (κ2) is 10.4. The Hall–Kier alpha value is -3.46. The number of hydrogen-bond acceptors (Lipinski definition) is 2. The molecule has 0 amide bonds. The van der Waals surface area contributed by atoms with E-state index in [2.05, 4.69) is 13.2 Å². The molecule has 0 unspecified atom stereocenters. The summed E-state index contributed by atoms with van der Waals surface area (Å²) in [4.78, 5) is 12.4. The van der Waals surface area contributed by atoms with Gasteiger partial charge in [0.05, 0.1) is 5.56 Å². The average molecular weight is 400 g/mol. The summed E-state index contributed by atoms with van der Waals surface area (Å²) in [5.74, 6) is -0.267. The van der Waals surface area contributed by atoms with Crippen molar-refractivity contribution in [2.75, 3.05) is 0 Å². The molecule has 2 nitrogen and oxygen atoms in total. The summed E-state index contributed by atoms with van der Waals surface area (Å²) in [5.41, 5.74) is 3.83. The fraction of sp³-hybridized carbons (Fsp3) is 0.148. The van der Waals surface area contributed by atoms with Crippen LogP contribution in [-0.2, 0) is 12.8 Å². The van der Waals surface area contributed by atoms with Crippen molar-refractivity contribution >= 4 is 5.97 Å². The molecule has 3 aromatic carbocycles. The Morgan fingerprint density at radius 2 is 1.43 bits per heavy atom. The minimum absolute atomic E-state index is 0.266. The highest BCUT2D eigenvalue weighted by molar-refractivity contribution is 5.91. The summed E-state index contributed by atoms with van der Waals surface area (Å²) in [6.07, 6.45) is 7.07. The number of allylic oxidation sites excluding steroid dienone is 2. The van der Waals surface area contributed by atoms with E-state index in [1.54, 1.807) is 48.5 Å². The fourth-order valence-electron chi connectivity index (χ4n) is 3.16. The maximum atomic E-state index is 14.5. The molecule has 30 heavy (non-hydrogen) atoms. The predicted molar refractivity (Wildman–Crippen MR) is 120 cm³/mol. The Morgan fingerprint density at radius 3 is 2.03 bits per heavy atom. The van der Waals surface area contributed by atoms with Gasteiger partial charge < -0.3 is 4.74 Å². The zero-order valence-corrected chi connectivity index (χ0v) is 16.9. The highest BCUT2D eigenvalue weighted by atomic mass is 19.1. The smallest absolute Gasteiger partial charge is 0.343 e. The molecule has 0 spiro atoms. The number of benzene rings is 3. The first-order chi connectivity index (χ1) is 14.6. The molecule has 0 radical (unpaired) electrons. The number of carbonyl (C=O) groups excluding carboxylic acids is 1. The lowest BCUT2D eigenvalue weighted by atomic mass is 10.0. The maximum Gasteiger partial charge on any atom is 0.343 e. The van der Waals surface area contributed by atoms with Crippen LogP contribution in [0.2, 0.25) is 0 Å². The number of hydrogen-bond donors (Lipinski definition) is 0. The standard InChI is InChI=1S/C27H25FO2/c1-3-5-7-20-9-12-23(13-10-20)27(29)30-24-16-14-22(15-17-24)25-18-11-21(8-6-4-2)19-26(25)28/h3-4,9-19H,1-2,5-8H2. The molecule has 0 N–H and O–H groups in total. The summed E-state index contributed by atoms with van der Waals surface area (Å²) in [6, 6.07) is 19.5. The van der Waals surface area contributed by atoms with Crippen molar-refractivity contribution in [3.05, 3.63) is 115 Å². The van der Waals surface area contributed by atoms with Crippen LogP contribution in [0.5, 0.6) is 5.75 Å². The van der Waals surface area contributed by atoms with Crippen LogP contribution < -0.4 is 4.74 Å². The van der Waals surface area contributed by atoms with Crippen LogP contribution in [0.15, 0.2) is 92.0 Å². The lowest BCUT2D eigenvalue weighted by Crippen LogP contribution is -2.08. The van der Waals surface area contributed by atoms with E-state index >= 15 is 0 Å². The largest absolute Gasteiger partial charge is 0.423 e. The van der Waals surface area contributed by atoms with E-state index in [-0.39, 0.29) is 5.82 Å². The Kier molecular flexibility index (Phi) is 7.34. The third-order valence-corrected chi connectivity index (χ3v) is 4.87. The van der Waals surface area contributed by atoms with Crippen LogP contribution >= 0.6 is 0 Å². The third kappa shape index (κ3) is 5.54. The molecule has 152 valence electrons. The Balaban J connectivity index is 1.66. The number of aryl methyl sites for hydroxylation is 2. The van der Waals surface area contributed by atoms with Gasteiger partial charge in [-0.15, -0.1) is 13.2 Å². The molecule has 0 fully saturated rings. The van der Waals surface area contributed by atoms with Crippen molar-refractivity contribution in [2.24, 2.45) is 0 Å². The summed E-state index contributed by atoms with van der Waals surface area (Å²) in [5, 5.41) is 0.